The molecule has 2 aromatic heterocycles. The number of pyridine rings is 1. The molecule has 3 aromatic rings. The fourth-order valence-electron chi connectivity index (χ4n) is 2.44. The highest BCUT2D eigenvalue weighted by Crippen LogP contribution is 2.13. The maximum Gasteiger partial charge on any atom is 0.220 e. The van der Waals surface area contributed by atoms with E-state index in [4.69, 9.17) is 11.6 Å². The molecule has 0 aliphatic carbocycles. The van der Waals surface area contributed by atoms with Gasteiger partial charge in [-0.2, -0.15) is 0 Å². The highest BCUT2D eigenvalue weighted by Gasteiger charge is 2.15. The van der Waals surface area contributed by atoms with E-state index in [-0.39, 0.29) is 11.9 Å². The Balaban J connectivity index is 1.60. The Labute approximate surface area is 139 Å². The number of hydrogen-bond donors (Lipinski definition) is 1. The topological polar surface area (TPSA) is 59.3 Å². The number of hydrogen-bond acceptors (Lipinski definition) is 3. The number of amides is 1. The van der Waals surface area contributed by atoms with Crippen LogP contribution in [0.25, 0.3) is 5.65 Å². The van der Waals surface area contributed by atoms with Crippen LogP contribution < -0.4 is 5.32 Å². The summed E-state index contributed by atoms with van der Waals surface area (Å²) in [7, 11) is 0. The highest BCUT2D eigenvalue weighted by atomic mass is 35.5. The van der Waals surface area contributed by atoms with E-state index in [0.29, 0.717) is 17.9 Å². The summed E-state index contributed by atoms with van der Waals surface area (Å²) in [5.74, 6) is 0.709. The first-order valence-electron chi connectivity index (χ1n) is 7.47. The lowest BCUT2D eigenvalue weighted by molar-refractivity contribution is -0.121. The molecule has 5 nitrogen and oxygen atoms in total. The second-order valence-corrected chi connectivity index (χ2v) is 5.84. The zero-order valence-electron chi connectivity index (χ0n) is 12.7. The Bertz CT molecular complexity index is 813. The lowest BCUT2D eigenvalue weighted by Crippen LogP contribution is -2.28. The zero-order valence-corrected chi connectivity index (χ0v) is 13.5. The quantitative estimate of drug-likeness (QED) is 0.782. The van der Waals surface area contributed by atoms with Gasteiger partial charge in [0, 0.05) is 17.6 Å². The minimum Gasteiger partial charge on any atom is -0.346 e. The maximum absolute atomic E-state index is 12.1. The van der Waals surface area contributed by atoms with Crippen LogP contribution in [0.1, 0.15) is 30.8 Å². The molecule has 1 amide bonds. The van der Waals surface area contributed by atoms with Crippen molar-refractivity contribution in [3.8, 4) is 0 Å². The molecule has 0 saturated carbocycles. The van der Waals surface area contributed by atoms with E-state index in [9.17, 15) is 4.79 Å². The van der Waals surface area contributed by atoms with Crippen molar-refractivity contribution in [1.29, 1.82) is 0 Å². The smallest absolute Gasteiger partial charge is 0.220 e. The average molecular weight is 329 g/mol. The number of benzene rings is 1. The van der Waals surface area contributed by atoms with Crippen molar-refractivity contribution >= 4 is 23.2 Å². The zero-order chi connectivity index (χ0) is 16.2. The number of carbonyl (C=O) groups is 1. The third kappa shape index (κ3) is 3.68. The number of nitrogens with one attached hydrogen (secondary N) is 1. The Hall–Kier alpha value is -2.40. The molecule has 2 heterocycles. The molecule has 0 bridgehead atoms. The average Bonchev–Trinajstić information content (AvgIpc) is 2.98. The molecule has 118 valence electrons. The number of aryl methyl sites for hydroxylation is 1. The predicted molar refractivity (Wildman–Crippen MR) is 89.3 cm³/mol. The number of rotatable bonds is 5. The summed E-state index contributed by atoms with van der Waals surface area (Å²) in [4.78, 5) is 12.1. The van der Waals surface area contributed by atoms with Crippen LogP contribution >= 0.6 is 11.6 Å². The molecule has 0 aliphatic heterocycles. The van der Waals surface area contributed by atoms with Gasteiger partial charge in [0.1, 0.15) is 0 Å². The van der Waals surface area contributed by atoms with Crippen LogP contribution in [-0.2, 0) is 11.2 Å². The van der Waals surface area contributed by atoms with E-state index in [1.54, 1.807) is 0 Å². The van der Waals surface area contributed by atoms with Crippen LogP contribution in [0.2, 0.25) is 5.02 Å². The van der Waals surface area contributed by atoms with E-state index in [2.05, 4.69) is 15.5 Å². The Morgan fingerprint density at radius 2 is 2.00 bits per heavy atom. The Morgan fingerprint density at radius 1 is 1.22 bits per heavy atom. The van der Waals surface area contributed by atoms with Crippen molar-refractivity contribution in [2.24, 2.45) is 0 Å². The normalized spacial score (nSPS) is 12.3. The summed E-state index contributed by atoms with van der Waals surface area (Å²) in [6, 6.07) is 13.0. The van der Waals surface area contributed by atoms with Gasteiger partial charge >= 0.3 is 0 Å². The fraction of sp³-hybridized carbons (Fsp3) is 0.235. The van der Waals surface area contributed by atoms with E-state index in [1.807, 2.05) is 60.0 Å². The van der Waals surface area contributed by atoms with Gasteiger partial charge in [-0.15, -0.1) is 10.2 Å². The molecule has 1 atom stereocenters. The summed E-state index contributed by atoms with van der Waals surface area (Å²) in [6.07, 6.45) is 2.99. The summed E-state index contributed by atoms with van der Waals surface area (Å²) >= 11 is 5.85. The molecule has 23 heavy (non-hydrogen) atoms. The van der Waals surface area contributed by atoms with E-state index >= 15 is 0 Å². The van der Waals surface area contributed by atoms with E-state index < -0.39 is 0 Å². The van der Waals surface area contributed by atoms with Crippen molar-refractivity contribution in [2.75, 3.05) is 0 Å². The van der Waals surface area contributed by atoms with E-state index in [0.717, 1.165) is 17.0 Å². The van der Waals surface area contributed by atoms with Crippen LogP contribution in [0.3, 0.4) is 0 Å². The molecule has 1 N–H and O–H groups in total. The molecule has 0 radical (unpaired) electrons. The van der Waals surface area contributed by atoms with Crippen molar-refractivity contribution in [1.82, 2.24) is 19.9 Å². The van der Waals surface area contributed by atoms with E-state index in [1.165, 1.54) is 0 Å². The van der Waals surface area contributed by atoms with Gasteiger partial charge in [-0.25, -0.2) is 0 Å². The van der Waals surface area contributed by atoms with Crippen LogP contribution in [0, 0.1) is 0 Å². The first-order chi connectivity index (χ1) is 11.1. The third-order valence-electron chi connectivity index (χ3n) is 3.66. The summed E-state index contributed by atoms with van der Waals surface area (Å²) in [5, 5.41) is 11.9. The first-order valence-corrected chi connectivity index (χ1v) is 7.85. The Kier molecular flexibility index (Phi) is 4.57. The second kappa shape index (κ2) is 6.79. The minimum atomic E-state index is -0.204. The molecular weight excluding hydrogens is 312 g/mol. The van der Waals surface area contributed by atoms with Crippen LogP contribution in [-0.4, -0.2) is 20.5 Å². The van der Waals surface area contributed by atoms with Gasteiger partial charge in [0.05, 0.1) is 6.04 Å². The van der Waals surface area contributed by atoms with Gasteiger partial charge < -0.3 is 5.32 Å². The van der Waals surface area contributed by atoms with Gasteiger partial charge in [-0.1, -0.05) is 29.8 Å². The largest absolute Gasteiger partial charge is 0.346 e. The van der Waals surface area contributed by atoms with Crippen molar-refractivity contribution < 1.29 is 4.79 Å². The highest BCUT2D eigenvalue weighted by molar-refractivity contribution is 6.30. The predicted octanol–water partition coefficient (Wildman–Crippen LogP) is 3.19. The van der Waals surface area contributed by atoms with Crippen molar-refractivity contribution in [3.05, 3.63) is 65.1 Å². The van der Waals surface area contributed by atoms with Gasteiger partial charge in [-0.05, 0) is 43.2 Å². The molecule has 1 unspecified atom stereocenters. The van der Waals surface area contributed by atoms with Gasteiger partial charge in [-0.3, -0.25) is 9.20 Å². The summed E-state index contributed by atoms with van der Waals surface area (Å²) in [6.45, 7) is 1.91. The fourth-order valence-corrected chi connectivity index (χ4v) is 2.57. The molecule has 0 fully saturated rings. The van der Waals surface area contributed by atoms with Crippen molar-refractivity contribution in [2.45, 2.75) is 25.8 Å². The van der Waals surface area contributed by atoms with Gasteiger partial charge in [0.25, 0.3) is 0 Å². The number of nitrogens with zero attached hydrogens (tertiary/aromatic N) is 3. The summed E-state index contributed by atoms with van der Waals surface area (Å²) in [5.41, 5.74) is 1.86. The number of carbonyl (C=O) groups excluding carboxylic acids is 1. The molecule has 1 aromatic carbocycles. The number of halogens is 1. The van der Waals surface area contributed by atoms with Crippen LogP contribution in [0.4, 0.5) is 0 Å². The molecule has 0 spiro atoms. The SMILES string of the molecule is CC(NC(=O)CCc1ccc(Cl)cc1)c1nnc2ccccn12. The van der Waals surface area contributed by atoms with Gasteiger partial charge in [0.2, 0.25) is 5.91 Å². The van der Waals surface area contributed by atoms with Crippen LogP contribution in [0.15, 0.2) is 48.7 Å². The minimum absolute atomic E-state index is 0.0138. The molecule has 6 heteroatoms. The molecule has 3 rings (SSSR count). The standard InChI is InChI=1S/C17H17ClN4O/c1-12(17-21-20-15-4-2-3-11-22(15)17)19-16(23)10-7-13-5-8-14(18)9-6-13/h2-6,8-9,11-12H,7,10H2,1H3,(H,19,23). The second-order valence-electron chi connectivity index (χ2n) is 5.40. The summed E-state index contributed by atoms with van der Waals surface area (Å²) < 4.78 is 1.88. The number of fused-ring (bicyclic) bond motifs is 1. The monoisotopic (exact) mass is 328 g/mol. The van der Waals surface area contributed by atoms with Crippen LogP contribution in [0.5, 0.6) is 0 Å². The van der Waals surface area contributed by atoms with Crippen molar-refractivity contribution in [3.63, 3.8) is 0 Å². The molecular formula is C17H17ClN4O. The van der Waals surface area contributed by atoms with Gasteiger partial charge in [0.15, 0.2) is 11.5 Å². The third-order valence-corrected chi connectivity index (χ3v) is 3.91. The molecule has 0 saturated heterocycles. The maximum atomic E-state index is 12.1. The number of aromatic nitrogens is 3. The lowest BCUT2D eigenvalue weighted by Gasteiger charge is -2.12. The Morgan fingerprint density at radius 3 is 2.78 bits per heavy atom. The molecule has 0 aliphatic rings. The lowest BCUT2D eigenvalue weighted by atomic mass is 10.1. The first kappa shape index (κ1) is 15.5.